The van der Waals surface area contributed by atoms with Gasteiger partial charge in [-0.05, 0) is 51.3 Å². The summed E-state index contributed by atoms with van der Waals surface area (Å²) < 4.78 is 30.7. The van der Waals surface area contributed by atoms with E-state index in [9.17, 15) is 18.0 Å². The molecule has 0 radical (unpaired) electrons. The van der Waals surface area contributed by atoms with Crippen LogP contribution in [0.1, 0.15) is 16.8 Å². The van der Waals surface area contributed by atoms with E-state index in [2.05, 4.69) is 5.32 Å². The Kier molecular flexibility index (Phi) is 8.42. The highest BCUT2D eigenvalue weighted by Crippen LogP contribution is 2.19. The molecule has 162 valence electrons. The Morgan fingerprint density at radius 1 is 1.14 bits per heavy atom. The quantitative estimate of drug-likeness (QED) is 0.558. The van der Waals surface area contributed by atoms with Gasteiger partial charge in [-0.2, -0.15) is 0 Å². The molecule has 0 bridgehead atoms. The van der Waals surface area contributed by atoms with Crippen molar-refractivity contribution in [3.63, 3.8) is 0 Å². The highest BCUT2D eigenvalue weighted by Gasteiger charge is 2.22. The number of carbonyl (C=O) groups is 2. The van der Waals surface area contributed by atoms with Crippen LogP contribution in [0.5, 0.6) is 0 Å². The van der Waals surface area contributed by atoms with Crippen LogP contribution in [0, 0.1) is 0 Å². The second-order valence-corrected chi connectivity index (χ2v) is 9.13. The van der Waals surface area contributed by atoms with E-state index in [0.29, 0.717) is 44.1 Å². The normalized spacial score (nSPS) is 14.7. The molecule has 0 spiro atoms. The minimum Gasteiger partial charge on any atom is -0.378 e. The summed E-state index contributed by atoms with van der Waals surface area (Å²) in [5.74, 6) is -0.493. The van der Waals surface area contributed by atoms with E-state index in [-0.39, 0.29) is 18.4 Å². The number of carbonyl (C=O) groups excluding carboxylic acids is 2. The lowest BCUT2D eigenvalue weighted by atomic mass is 10.1. The van der Waals surface area contributed by atoms with Crippen LogP contribution < -0.4 is 9.62 Å². The third-order valence-corrected chi connectivity index (χ3v) is 5.63. The van der Waals surface area contributed by atoms with E-state index in [0.717, 1.165) is 23.5 Å². The Hall–Kier alpha value is -2.17. The zero-order valence-corrected chi connectivity index (χ0v) is 18.1. The summed E-state index contributed by atoms with van der Waals surface area (Å²) in [6, 6.07) is 6.27. The first-order valence-electron chi connectivity index (χ1n) is 9.54. The van der Waals surface area contributed by atoms with Gasteiger partial charge in [-0.25, -0.2) is 8.42 Å². The Bertz CT molecular complexity index is 789. The van der Waals surface area contributed by atoms with E-state index in [1.807, 2.05) is 19.0 Å². The summed E-state index contributed by atoms with van der Waals surface area (Å²) in [6.45, 7) is 3.08. The summed E-state index contributed by atoms with van der Waals surface area (Å²) >= 11 is 0. The Labute approximate surface area is 172 Å². The minimum absolute atomic E-state index is 0.121. The van der Waals surface area contributed by atoms with Crippen LogP contribution in [0.25, 0.3) is 0 Å². The van der Waals surface area contributed by atoms with Crippen molar-refractivity contribution in [1.29, 1.82) is 0 Å². The van der Waals surface area contributed by atoms with E-state index in [1.165, 1.54) is 0 Å². The molecule has 1 aliphatic heterocycles. The van der Waals surface area contributed by atoms with Crippen molar-refractivity contribution in [1.82, 2.24) is 15.1 Å². The zero-order chi connectivity index (χ0) is 21.4. The Morgan fingerprint density at radius 2 is 1.76 bits per heavy atom. The summed E-state index contributed by atoms with van der Waals surface area (Å²) in [7, 11) is 0.232. The molecule has 0 unspecified atom stereocenters. The second kappa shape index (κ2) is 10.6. The second-order valence-electron chi connectivity index (χ2n) is 7.23. The van der Waals surface area contributed by atoms with Crippen LogP contribution in [-0.4, -0.2) is 96.3 Å². The van der Waals surface area contributed by atoms with E-state index in [1.54, 1.807) is 29.2 Å². The van der Waals surface area contributed by atoms with Crippen molar-refractivity contribution in [2.24, 2.45) is 0 Å². The topological polar surface area (TPSA) is 99.3 Å². The predicted octanol–water partition coefficient (Wildman–Crippen LogP) is -0.00710. The van der Waals surface area contributed by atoms with Crippen LogP contribution in [0.15, 0.2) is 24.3 Å². The lowest BCUT2D eigenvalue weighted by molar-refractivity contribution is -0.119. The standard InChI is InChI=1S/C19H30N4O5S/c1-21(2)10-4-9-20-18(24)15-23(29(3,26)27)17-7-5-16(6-8-17)19(25)22-11-13-28-14-12-22/h5-8H,4,9-15H2,1-3H3,(H,20,24). The van der Waals surface area contributed by atoms with Gasteiger partial charge in [0, 0.05) is 25.2 Å². The molecule has 0 aromatic heterocycles. The predicted molar refractivity (Wildman–Crippen MR) is 112 cm³/mol. The molecule has 1 N–H and O–H groups in total. The Morgan fingerprint density at radius 3 is 2.31 bits per heavy atom. The van der Waals surface area contributed by atoms with Crippen LogP contribution >= 0.6 is 0 Å². The molecule has 0 saturated carbocycles. The lowest BCUT2D eigenvalue weighted by Gasteiger charge is -2.27. The molecule has 1 aliphatic rings. The molecule has 2 amide bonds. The molecule has 2 rings (SSSR count). The zero-order valence-electron chi connectivity index (χ0n) is 17.3. The van der Waals surface area contributed by atoms with E-state index in [4.69, 9.17) is 4.74 Å². The van der Waals surface area contributed by atoms with Gasteiger partial charge >= 0.3 is 0 Å². The van der Waals surface area contributed by atoms with Crippen LogP contribution in [0.4, 0.5) is 5.69 Å². The third-order valence-electron chi connectivity index (χ3n) is 4.49. The smallest absolute Gasteiger partial charge is 0.254 e. The van der Waals surface area contributed by atoms with Gasteiger partial charge in [0.25, 0.3) is 5.91 Å². The lowest BCUT2D eigenvalue weighted by Crippen LogP contribution is -2.41. The molecular formula is C19H30N4O5S. The van der Waals surface area contributed by atoms with Crippen molar-refractivity contribution < 1.29 is 22.7 Å². The number of hydrogen-bond acceptors (Lipinski definition) is 6. The van der Waals surface area contributed by atoms with Crippen molar-refractivity contribution >= 4 is 27.5 Å². The SMILES string of the molecule is CN(C)CCCNC(=O)CN(c1ccc(C(=O)N2CCOCC2)cc1)S(C)(=O)=O. The molecule has 0 atom stereocenters. The number of sulfonamides is 1. The van der Waals surface area contributed by atoms with E-state index < -0.39 is 10.0 Å². The number of nitrogens with zero attached hydrogens (tertiary/aromatic N) is 3. The van der Waals surface area contributed by atoms with Crippen molar-refractivity contribution in [2.75, 3.05) is 70.6 Å². The molecule has 1 aromatic rings. The molecular weight excluding hydrogens is 396 g/mol. The monoisotopic (exact) mass is 426 g/mol. The maximum Gasteiger partial charge on any atom is 0.254 e. The first-order chi connectivity index (χ1) is 13.7. The maximum atomic E-state index is 12.5. The maximum absolute atomic E-state index is 12.5. The summed E-state index contributed by atoms with van der Waals surface area (Å²) in [5.41, 5.74) is 0.812. The minimum atomic E-state index is -3.66. The van der Waals surface area contributed by atoms with Gasteiger partial charge in [0.2, 0.25) is 15.9 Å². The van der Waals surface area contributed by atoms with Gasteiger partial charge in [-0.15, -0.1) is 0 Å². The van der Waals surface area contributed by atoms with Crippen LogP contribution in [-0.2, 0) is 19.6 Å². The number of hydrogen-bond donors (Lipinski definition) is 1. The van der Waals surface area contributed by atoms with Gasteiger partial charge in [0.15, 0.2) is 0 Å². The molecule has 29 heavy (non-hydrogen) atoms. The number of morpholine rings is 1. The highest BCUT2D eigenvalue weighted by atomic mass is 32.2. The molecule has 1 saturated heterocycles. The molecule has 0 aliphatic carbocycles. The van der Waals surface area contributed by atoms with Crippen LogP contribution in [0.3, 0.4) is 0 Å². The number of rotatable bonds is 9. The Balaban J connectivity index is 2.02. The average molecular weight is 427 g/mol. The largest absolute Gasteiger partial charge is 0.378 e. The molecule has 1 heterocycles. The summed E-state index contributed by atoms with van der Waals surface area (Å²) in [4.78, 5) is 28.4. The first-order valence-corrected chi connectivity index (χ1v) is 11.4. The molecule has 1 aromatic carbocycles. The first kappa shape index (κ1) is 23.1. The van der Waals surface area contributed by atoms with Gasteiger partial charge < -0.3 is 19.9 Å². The fraction of sp³-hybridized carbons (Fsp3) is 0.579. The molecule has 10 heteroatoms. The molecule has 1 fully saturated rings. The van der Waals surface area contributed by atoms with Crippen molar-refractivity contribution in [2.45, 2.75) is 6.42 Å². The summed E-state index contributed by atoms with van der Waals surface area (Å²) in [6.07, 6.45) is 1.83. The number of amides is 2. The number of ether oxygens (including phenoxy) is 1. The molecule has 9 nitrogen and oxygen atoms in total. The highest BCUT2D eigenvalue weighted by molar-refractivity contribution is 7.92. The number of nitrogens with one attached hydrogen (secondary N) is 1. The summed E-state index contributed by atoms with van der Waals surface area (Å²) in [5, 5.41) is 2.74. The number of benzene rings is 1. The third kappa shape index (κ3) is 7.30. The van der Waals surface area contributed by atoms with Gasteiger partial charge in [0.05, 0.1) is 25.2 Å². The van der Waals surface area contributed by atoms with Gasteiger partial charge in [-0.1, -0.05) is 0 Å². The van der Waals surface area contributed by atoms with Crippen LogP contribution in [0.2, 0.25) is 0 Å². The fourth-order valence-corrected chi connectivity index (χ4v) is 3.79. The number of anilines is 1. The van der Waals surface area contributed by atoms with Crippen molar-refractivity contribution in [3.8, 4) is 0 Å². The van der Waals surface area contributed by atoms with Gasteiger partial charge in [0.1, 0.15) is 6.54 Å². The van der Waals surface area contributed by atoms with Crippen molar-refractivity contribution in [3.05, 3.63) is 29.8 Å². The van der Waals surface area contributed by atoms with Gasteiger partial charge in [-0.3, -0.25) is 13.9 Å². The average Bonchev–Trinajstić information content (AvgIpc) is 2.69. The fourth-order valence-electron chi connectivity index (χ4n) is 2.93. The van der Waals surface area contributed by atoms with E-state index >= 15 is 0 Å².